The van der Waals surface area contributed by atoms with Gasteiger partial charge in [-0.05, 0) is 61.8 Å². The predicted molar refractivity (Wildman–Crippen MR) is 124 cm³/mol. The molecule has 2 aromatic rings. The van der Waals surface area contributed by atoms with Gasteiger partial charge in [-0.15, -0.1) is 0 Å². The highest BCUT2D eigenvalue weighted by molar-refractivity contribution is 7.81. The summed E-state index contributed by atoms with van der Waals surface area (Å²) in [5.74, 6) is -1.22. The molecular formula is C24H23F4N3O2S. The van der Waals surface area contributed by atoms with E-state index >= 15 is 0 Å². The first kappa shape index (κ1) is 25.4. The number of hydrogen-bond donors (Lipinski definition) is 0. The summed E-state index contributed by atoms with van der Waals surface area (Å²) in [6.07, 6.45) is -4.80. The van der Waals surface area contributed by atoms with E-state index in [1.807, 2.05) is 20.8 Å². The van der Waals surface area contributed by atoms with Gasteiger partial charge in [-0.2, -0.15) is 18.4 Å². The SMILES string of the molecule is CC(C)(C)COc1ccc(N2C(=S)N(c3ccc(C#N)c(C(F)(F)F)c3)C(=O)C2(C)C)cc1F. The van der Waals surface area contributed by atoms with Crippen molar-refractivity contribution in [2.45, 2.75) is 46.3 Å². The zero-order valence-electron chi connectivity index (χ0n) is 19.2. The lowest BCUT2D eigenvalue weighted by atomic mass is 9.99. The first-order valence-corrected chi connectivity index (χ1v) is 10.7. The molecule has 34 heavy (non-hydrogen) atoms. The van der Waals surface area contributed by atoms with Crippen LogP contribution in [0.5, 0.6) is 5.75 Å². The summed E-state index contributed by atoms with van der Waals surface area (Å²) < 4.78 is 60.7. The van der Waals surface area contributed by atoms with Gasteiger partial charge in [-0.3, -0.25) is 9.69 Å². The minimum Gasteiger partial charge on any atom is -0.490 e. The van der Waals surface area contributed by atoms with Crippen LogP contribution in [0, 0.1) is 22.6 Å². The summed E-state index contributed by atoms with van der Waals surface area (Å²) in [4.78, 5) is 15.6. The molecule has 0 bridgehead atoms. The molecule has 0 aromatic heterocycles. The zero-order valence-corrected chi connectivity index (χ0v) is 20.1. The zero-order chi connectivity index (χ0) is 25.6. The van der Waals surface area contributed by atoms with E-state index in [-0.39, 0.29) is 34.3 Å². The number of carbonyl (C=O) groups excluding carboxylic acids is 1. The quantitative estimate of drug-likeness (QED) is 0.383. The molecule has 1 aliphatic heterocycles. The van der Waals surface area contributed by atoms with Crippen LogP contribution in [0.4, 0.5) is 28.9 Å². The molecule has 10 heteroatoms. The predicted octanol–water partition coefficient (Wildman–Crippen LogP) is 6.06. The summed E-state index contributed by atoms with van der Waals surface area (Å²) in [7, 11) is 0. The molecule has 0 atom stereocenters. The molecule has 0 N–H and O–H groups in total. The van der Waals surface area contributed by atoms with Crippen LogP contribution in [-0.2, 0) is 11.0 Å². The van der Waals surface area contributed by atoms with Crippen molar-refractivity contribution in [2.75, 3.05) is 16.4 Å². The summed E-state index contributed by atoms with van der Waals surface area (Å²) in [5, 5.41) is 8.92. The van der Waals surface area contributed by atoms with Crippen LogP contribution < -0.4 is 14.5 Å². The fourth-order valence-electron chi connectivity index (χ4n) is 3.50. The van der Waals surface area contributed by atoms with Crippen LogP contribution in [0.3, 0.4) is 0 Å². The van der Waals surface area contributed by atoms with Gasteiger partial charge >= 0.3 is 6.18 Å². The number of nitrogens with zero attached hydrogens (tertiary/aromatic N) is 3. The van der Waals surface area contributed by atoms with Gasteiger partial charge in [-0.1, -0.05) is 20.8 Å². The second-order valence-corrected chi connectivity index (χ2v) is 9.99. The highest BCUT2D eigenvalue weighted by atomic mass is 32.1. The third-order valence-corrected chi connectivity index (χ3v) is 5.55. The molecule has 1 saturated heterocycles. The van der Waals surface area contributed by atoms with Crippen molar-refractivity contribution in [3.63, 3.8) is 0 Å². The first-order chi connectivity index (χ1) is 15.6. The van der Waals surface area contributed by atoms with Crippen molar-refractivity contribution in [1.29, 1.82) is 5.26 Å². The topological polar surface area (TPSA) is 56.6 Å². The molecule has 1 amide bonds. The van der Waals surface area contributed by atoms with Crippen molar-refractivity contribution in [2.24, 2.45) is 5.41 Å². The van der Waals surface area contributed by atoms with Crippen molar-refractivity contribution >= 4 is 34.6 Å². The third kappa shape index (κ3) is 4.71. The number of nitriles is 1. The second-order valence-electron chi connectivity index (χ2n) is 9.62. The number of ether oxygens (including phenoxy) is 1. The van der Waals surface area contributed by atoms with Crippen LogP contribution in [0.25, 0.3) is 0 Å². The van der Waals surface area contributed by atoms with Gasteiger partial charge in [0.1, 0.15) is 5.54 Å². The highest BCUT2D eigenvalue weighted by Crippen LogP contribution is 2.40. The van der Waals surface area contributed by atoms with Crippen molar-refractivity contribution in [3.8, 4) is 11.8 Å². The normalized spacial score (nSPS) is 16.1. The largest absolute Gasteiger partial charge is 0.490 e. The number of thiocarbonyl (C=S) groups is 1. The molecule has 0 spiro atoms. The molecule has 2 aromatic carbocycles. The summed E-state index contributed by atoms with van der Waals surface area (Å²) >= 11 is 5.46. The lowest BCUT2D eigenvalue weighted by Crippen LogP contribution is -2.44. The van der Waals surface area contributed by atoms with Gasteiger partial charge < -0.3 is 9.64 Å². The molecule has 0 saturated carbocycles. The lowest BCUT2D eigenvalue weighted by molar-refractivity contribution is -0.137. The maximum Gasteiger partial charge on any atom is 0.417 e. The van der Waals surface area contributed by atoms with E-state index in [1.54, 1.807) is 0 Å². The summed E-state index contributed by atoms with van der Waals surface area (Å²) in [5.41, 5.74) is -3.14. The van der Waals surface area contributed by atoms with E-state index in [9.17, 15) is 22.4 Å². The molecule has 0 unspecified atom stereocenters. The van der Waals surface area contributed by atoms with Crippen molar-refractivity contribution < 1.29 is 27.1 Å². The molecule has 1 fully saturated rings. The van der Waals surface area contributed by atoms with Gasteiger partial charge in [0.15, 0.2) is 16.7 Å². The standard InChI is InChI=1S/C24H23F4N3O2S/c1-22(2,3)13-33-19-9-8-16(11-18(19)25)31-21(34)30(20(32)23(31,4)5)15-7-6-14(12-29)17(10-15)24(26,27)28/h6-11H,13H2,1-5H3. The Morgan fingerprint density at radius 2 is 1.71 bits per heavy atom. The molecule has 1 heterocycles. The second kappa shape index (κ2) is 8.55. The molecule has 0 aliphatic carbocycles. The van der Waals surface area contributed by atoms with Crippen molar-refractivity contribution in [3.05, 3.63) is 53.3 Å². The van der Waals surface area contributed by atoms with E-state index in [2.05, 4.69) is 0 Å². The average Bonchev–Trinajstić information content (AvgIpc) is 2.89. The number of rotatable bonds is 4. The van der Waals surface area contributed by atoms with Crippen molar-refractivity contribution in [1.82, 2.24) is 0 Å². The Bertz CT molecular complexity index is 1200. The van der Waals surface area contributed by atoms with Crippen LogP contribution >= 0.6 is 12.2 Å². The minimum atomic E-state index is -4.80. The van der Waals surface area contributed by atoms with E-state index in [0.717, 1.165) is 11.0 Å². The molecule has 180 valence electrons. The van der Waals surface area contributed by atoms with E-state index in [1.165, 1.54) is 49.1 Å². The van der Waals surface area contributed by atoms with Crippen LogP contribution in [0.15, 0.2) is 36.4 Å². The Hall–Kier alpha value is -3.19. The number of halogens is 4. The van der Waals surface area contributed by atoms with Gasteiger partial charge in [0.25, 0.3) is 5.91 Å². The number of alkyl halides is 3. The summed E-state index contributed by atoms with van der Waals surface area (Å²) in [6.45, 7) is 9.19. The highest BCUT2D eigenvalue weighted by Gasteiger charge is 2.50. The van der Waals surface area contributed by atoms with Crippen LogP contribution in [0.1, 0.15) is 45.7 Å². The Morgan fingerprint density at radius 3 is 2.24 bits per heavy atom. The van der Waals surface area contributed by atoms with Gasteiger partial charge in [0.05, 0.1) is 29.5 Å². The molecular weight excluding hydrogens is 470 g/mol. The summed E-state index contributed by atoms with van der Waals surface area (Å²) in [6, 6.07) is 8.56. The smallest absolute Gasteiger partial charge is 0.417 e. The number of anilines is 2. The van der Waals surface area contributed by atoms with E-state index in [0.29, 0.717) is 6.07 Å². The maximum absolute atomic E-state index is 14.8. The Morgan fingerprint density at radius 1 is 1.09 bits per heavy atom. The van der Waals surface area contributed by atoms with Crippen LogP contribution in [-0.4, -0.2) is 23.2 Å². The molecule has 3 rings (SSSR count). The molecule has 5 nitrogen and oxygen atoms in total. The van der Waals surface area contributed by atoms with Gasteiger partial charge in [0.2, 0.25) is 0 Å². The van der Waals surface area contributed by atoms with Gasteiger partial charge in [-0.25, -0.2) is 4.39 Å². The van der Waals surface area contributed by atoms with E-state index < -0.39 is 34.6 Å². The molecule has 1 aliphatic rings. The minimum absolute atomic E-state index is 0.0340. The van der Waals surface area contributed by atoms with Gasteiger partial charge in [0, 0.05) is 11.8 Å². The Balaban J connectivity index is 2.01. The van der Waals surface area contributed by atoms with E-state index in [4.69, 9.17) is 22.2 Å². The van der Waals surface area contributed by atoms with Crippen LogP contribution in [0.2, 0.25) is 0 Å². The third-order valence-electron chi connectivity index (χ3n) is 5.19. The molecule has 0 radical (unpaired) electrons. The maximum atomic E-state index is 14.8. The monoisotopic (exact) mass is 493 g/mol. The Kier molecular flexibility index (Phi) is 6.39. The number of amides is 1. The number of hydrogen-bond acceptors (Lipinski definition) is 4. The lowest BCUT2D eigenvalue weighted by Gasteiger charge is -2.29. The fourth-order valence-corrected chi connectivity index (χ4v) is 4.02. The first-order valence-electron chi connectivity index (χ1n) is 10.3. The average molecular weight is 494 g/mol. The fraction of sp³-hybridized carbons (Fsp3) is 0.375. The number of benzene rings is 2. The number of carbonyl (C=O) groups is 1. The Labute approximate surface area is 200 Å².